The molecule has 0 saturated carbocycles. The van der Waals surface area contributed by atoms with Gasteiger partial charge in [-0.05, 0) is 30.4 Å². The topological polar surface area (TPSA) is 95.9 Å². The van der Waals surface area contributed by atoms with Gasteiger partial charge in [-0.25, -0.2) is 4.79 Å². The van der Waals surface area contributed by atoms with E-state index < -0.39 is 12.0 Å². The second-order valence-corrected chi connectivity index (χ2v) is 8.26. The third-order valence-corrected chi connectivity index (χ3v) is 6.59. The molecular formula is C20H22N2O5S. The fourth-order valence-corrected chi connectivity index (χ4v) is 5.32. The quantitative estimate of drug-likeness (QED) is 0.726. The predicted molar refractivity (Wildman–Crippen MR) is 103 cm³/mol. The zero-order valence-electron chi connectivity index (χ0n) is 15.3. The van der Waals surface area contributed by atoms with Crippen molar-refractivity contribution in [2.24, 2.45) is 0 Å². The van der Waals surface area contributed by atoms with Gasteiger partial charge in [-0.3, -0.25) is 14.5 Å². The summed E-state index contributed by atoms with van der Waals surface area (Å²) in [6.45, 7) is 0.612. The Balaban J connectivity index is 1.47. The number of ether oxygens (including phenoxy) is 1. The van der Waals surface area contributed by atoms with Gasteiger partial charge in [-0.2, -0.15) is 0 Å². The Kier molecular flexibility index (Phi) is 5.41. The van der Waals surface area contributed by atoms with E-state index in [4.69, 9.17) is 4.74 Å². The first kappa shape index (κ1) is 19.0. The number of carbonyl (C=O) groups is 3. The van der Waals surface area contributed by atoms with Gasteiger partial charge in [0.25, 0.3) is 5.91 Å². The zero-order chi connectivity index (χ0) is 19.7. The number of nitrogens with one attached hydrogen (secondary N) is 1. The van der Waals surface area contributed by atoms with Gasteiger partial charge < -0.3 is 15.2 Å². The lowest BCUT2D eigenvalue weighted by Gasteiger charge is -2.50. The van der Waals surface area contributed by atoms with Crippen LogP contribution in [0.1, 0.15) is 24.8 Å². The standard InChI is InChI=1S/C20H22N2O5S/c23-15(10-12-6-2-1-3-7-12)21-16-18(24)22-17(20(25)26)13(11-28-19(16)22)14-8-4-5-9-27-14/h1-3,6-7,14,16,19H,4-5,8-11H2,(H,21,23)(H,25,26)/t14?,16-,19-/m1/s1. The second kappa shape index (κ2) is 7.97. The Morgan fingerprint density at radius 3 is 2.71 bits per heavy atom. The van der Waals surface area contributed by atoms with E-state index in [9.17, 15) is 19.5 Å². The van der Waals surface area contributed by atoms with E-state index in [0.717, 1.165) is 24.8 Å². The van der Waals surface area contributed by atoms with E-state index in [-0.39, 0.29) is 35.4 Å². The maximum Gasteiger partial charge on any atom is 0.352 e. The van der Waals surface area contributed by atoms with Gasteiger partial charge in [-0.15, -0.1) is 11.8 Å². The van der Waals surface area contributed by atoms with Crippen LogP contribution >= 0.6 is 11.8 Å². The van der Waals surface area contributed by atoms with E-state index in [1.54, 1.807) is 0 Å². The average molecular weight is 402 g/mol. The minimum atomic E-state index is -1.11. The van der Waals surface area contributed by atoms with Gasteiger partial charge in [0.05, 0.1) is 12.5 Å². The normalized spacial score (nSPS) is 27.1. The number of aliphatic carboxylic acids is 1. The Hall–Kier alpha value is -2.32. The van der Waals surface area contributed by atoms with Crippen molar-refractivity contribution in [2.75, 3.05) is 12.4 Å². The van der Waals surface area contributed by atoms with E-state index in [2.05, 4.69) is 5.32 Å². The van der Waals surface area contributed by atoms with Crippen molar-refractivity contribution in [1.29, 1.82) is 0 Å². The molecule has 0 aliphatic carbocycles. The van der Waals surface area contributed by atoms with Crippen LogP contribution in [0.2, 0.25) is 0 Å². The van der Waals surface area contributed by atoms with Crippen molar-refractivity contribution in [1.82, 2.24) is 10.2 Å². The lowest BCUT2D eigenvalue weighted by atomic mass is 9.96. The number of amides is 2. The molecule has 4 rings (SSSR count). The molecule has 2 N–H and O–H groups in total. The summed E-state index contributed by atoms with van der Waals surface area (Å²) in [7, 11) is 0. The number of β-lactam (4-membered cyclic amide) rings is 1. The molecule has 1 aromatic carbocycles. The number of fused-ring (bicyclic) bond motifs is 1. The molecule has 3 aliphatic rings. The lowest BCUT2D eigenvalue weighted by Crippen LogP contribution is -2.71. The number of hydrogen-bond acceptors (Lipinski definition) is 5. The first-order chi connectivity index (χ1) is 13.6. The molecule has 148 valence electrons. The highest BCUT2D eigenvalue weighted by Crippen LogP contribution is 2.42. The first-order valence-electron chi connectivity index (χ1n) is 9.42. The van der Waals surface area contributed by atoms with Gasteiger partial charge in [-0.1, -0.05) is 30.3 Å². The molecular weight excluding hydrogens is 380 g/mol. The number of nitrogens with zero attached hydrogens (tertiary/aromatic N) is 1. The van der Waals surface area contributed by atoms with Crippen LogP contribution in [-0.2, 0) is 25.5 Å². The predicted octanol–water partition coefficient (Wildman–Crippen LogP) is 1.54. The smallest absolute Gasteiger partial charge is 0.352 e. The molecule has 0 radical (unpaired) electrons. The van der Waals surface area contributed by atoms with Crippen LogP contribution in [-0.4, -0.2) is 57.7 Å². The van der Waals surface area contributed by atoms with E-state index in [0.29, 0.717) is 17.9 Å². The molecule has 1 aromatic rings. The summed E-state index contributed by atoms with van der Waals surface area (Å²) < 4.78 is 5.76. The molecule has 2 amide bonds. The first-order valence-corrected chi connectivity index (χ1v) is 10.5. The number of rotatable bonds is 5. The van der Waals surface area contributed by atoms with E-state index >= 15 is 0 Å². The van der Waals surface area contributed by atoms with Crippen LogP contribution in [0.25, 0.3) is 0 Å². The monoisotopic (exact) mass is 402 g/mol. The van der Waals surface area contributed by atoms with Gasteiger partial charge >= 0.3 is 5.97 Å². The highest BCUT2D eigenvalue weighted by atomic mass is 32.2. The summed E-state index contributed by atoms with van der Waals surface area (Å²) in [4.78, 5) is 38.2. The number of thioether (sulfide) groups is 1. The summed E-state index contributed by atoms with van der Waals surface area (Å²) in [6.07, 6.45) is 2.68. The van der Waals surface area contributed by atoms with Crippen molar-refractivity contribution in [3.8, 4) is 0 Å². The largest absolute Gasteiger partial charge is 0.477 e. The Morgan fingerprint density at radius 2 is 2.04 bits per heavy atom. The molecule has 3 heterocycles. The SMILES string of the molecule is O=C(Cc1ccccc1)N[C@@H]1C(=O)N2C(C(=O)O)=C(C3CCCCO3)CS[C@H]12. The molecule has 0 bridgehead atoms. The van der Waals surface area contributed by atoms with Crippen molar-refractivity contribution in [2.45, 2.75) is 43.2 Å². The lowest BCUT2D eigenvalue weighted by molar-refractivity contribution is -0.150. The molecule has 3 aliphatic heterocycles. The van der Waals surface area contributed by atoms with Gasteiger partial charge in [0.1, 0.15) is 17.1 Å². The fraction of sp³-hybridized carbons (Fsp3) is 0.450. The third kappa shape index (κ3) is 3.54. The highest BCUT2D eigenvalue weighted by molar-refractivity contribution is 8.00. The van der Waals surface area contributed by atoms with E-state index in [1.807, 2.05) is 30.3 Å². The average Bonchev–Trinajstić information content (AvgIpc) is 2.72. The molecule has 7 nitrogen and oxygen atoms in total. The van der Waals surface area contributed by atoms with Crippen molar-refractivity contribution in [3.63, 3.8) is 0 Å². The molecule has 0 aromatic heterocycles. The zero-order valence-corrected chi connectivity index (χ0v) is 16.1. The molecule has 2 fully saturated rings. The second-order valence-electron chi connectivity index (χ2n) is 7.15. The van der Waals surface area contributed by atoms with Crippen molar-refractivity contribution in [3.05, 3.63) is 47.2 Å². The molecule has 3 atom stereocenters. The summed E-state index contributed by atoms with van der Waals surface area (Å²) >= 11 is 1.49. The highest BCUT2D eigenvalue weighted by Gasteiger charge is 2.54. The van der Waals surface area contributed by atoms with Crippen LogP contribution in [0, 0.1) is 0 Å². The van der Waals surface area contributed by atoms with Crippen LogP contribution in [0.15, 0.2) is 41.6 Å². The van der Waals surface area contributed by atoms with Crippen LogP contribution in [0.3, 0.4) is 0 Å². The number of hydrogen-bond donors (Lipinski definition) is 2. The number of carbonyl (C=O) groups excluding carboxylic acids is 2. The van der Waals surface area contributed by atoms with Gasteiger partial charge in [0, 0.05) is 12.4 Å². The summed E-state index contributed by atoms with van der Waals surface area (Å²) in [6, 6.07) is 8.60. The van der Waals surface area contributed by atoms with Crippen molar-refractivity contribution < 1.29 is 24.2 Å². The summed E-state index contributed by atoms with van der Waals surface area (Å²) in [5.74, 6) is -1.24. The van der Waals surface area contributed by atoms with Gasteiger partial charge in [0.15, 0.2) is 0 Å². The molecule has 2 saturated heterocycles. The minimum Gasteiger partial charge on any atom is -0.477 e. The fourth-order valence-electron chi connectivity index (χ4n) is 3.91. The van der Waals surface area contributed by atoms with Crippen LogP contribution in [0.4, 0.5) is 0 Å². The molecule has 8 heteroatoms. The van der Waals surface area contributed by atoms with Crippen LogP contribution < -0.4 is 5.32 Å². The van der Waals surface area contributed by atoms with E-state index in [1.165, 1.54) is 16.7 Å². The molecule has 0 spiro atoms. The Labute approximate surface area is 167 Å². The van der Waals surface area contributed by atoms with Gasteiger partial charge in [0.2, 0.25) is 5.91 Å². The van der Waals surface area contributed by atoms with Crippen LogP contribution in [0.5, 0.6) is 0 Å². The van der Waals surface area contributed by atoms with Crippen molar-refractivity contribution >= 4 is 29.5 Å². The summed E-state index contributed by atoms with van der Waals surface area (Å²) in [5, 5.41) is 12.1. The Morgan fingerprint density at radius 1 is 1.25 bits per heavy atom. The maximum atomic E-state index is 12.7. The minimum absolute atomic E-state index is 0.0363. The number of carboxylic acids is 1. The maximum absolute atomic E-state index is 12.7. The number of benzene rings is 1. The Bertz CT molecular complexity index is 819. The molecule has 1 unspecified atom stereocenters. The number of carboxylic acid groups (broad SMARTS) is 1. The summed E-state index contributed by atoms with van der Waals surface area (Å²) in [5.41, 5.74) is 1.58. The molecule has 28 heavy (non-hydrogen) atoms. The third-order valence-electron chi connectivity index (χ3n) is 5.29.